The van der Waals surface area contributed by atoms with Gasteiger partial charge in [0.25, 0.3) is 0 Å². The summed E-state index contributed by atoms with van der Waals surface area (Å²) in [4.78, 5) is 14.5. The van der Waals surface area contributed by atoms with Crippen molar-refractivity contribution in [1.82, 2.24) is 4.90 Å². The number of ether oxygens (including phenoxy) is 1. The smallest absolute Gasteiger partial charge is 0.241 e. The number of nitrogen functional groups attached to an aromatic ring is 1. The van der Waals surface area contributed by atoms with Crippen LogP contribution in [0.2, 0.25) is 0 Å². The number of nitrogens with two attached hydrogens (primary N) is 1. The Bertz CT molecular complexity index is 471. The molecule has 1 aromatic rings. The van der Waals surface area contributed by atoms with Gasteiger partial charge in [-0.3, -0.25) is 9.69 Å². The quantitative estimate of drug-likeness (QED) is 0.825. The van der Waals surface area contributed by atoms with Crippen LogP contribution in [0.25, 0.3) is 0 Å². The highest BCUT2D eigenvalue weighted by Crippen LogP contribution is 2.22. The maximum Gasteiger partial charge on any atom is 0.241 e. The number of carbonyl (C=O) groups excluding carboxylic acids is 1. The first-order chi connectivity index (χ1) is 9.40. The molecule has 1 atom stereocenters. The number of benzene rings is 1. The minimum Gasteiger partial charge on any atom is -0.399 e. The van der Waals surface area contributed by atoms with Crippen molar-refractivity contribution in [3.63, 3.8) is 0 Å². The van der Waals surface area contributed by atoms with Gasteiger partial charge in [0.1, 0.15) is 0 Å². The van der Waals surface area contributed by atoms with Crippen LogP contribution in [0.3, 0.4) is 0 Å². The molecule has 5 nitrogen and oxygen atoms in total. The molecule has 3 N–H and O–H groups in total. The van der Waals surface area contributed by atoms with E-state index in [0.717, 1.165) is 12.2 Å². The van der Waals surface area contributed by atoms with Gasteiger partial charge in [-0.1, -0.05) is 0 Å². The number of morpholine rings is 1. The average molecular weight is 277 g/mol. The summed E-state index contributed by atoms with van der Waals surface area (Å²) < 4.78 is 5.49. The number of rotatable bonds is 3. The maximum absolute atomic E-state index is 12.4. The van der Waals surface area contributed by atoms with Crippen LogP contribution in [-0.2, 0) is 9.53 Å². The van der Waals surface area contributed by atoms with Crippen molar-refractivity contribution in [2.45, 2.75) is 32.4 Å². The standard InChI is InChI=1S/C15H23N3O2/c1-11(18-8-9-20-10-15(18,2)3)14(19)17-13-6-4-12(16)5-7-13/h4-7,11H,8-10,16H2,1-3H3,(H,17,19). The number of nitrogens with one attached hydrogen (secondary N) is 1. The van der Waals surface area contributed by atoms with Gasteiger partial charge in [-0.2, -0.15) is 0 Å². The molecular formula is C15H23N3O2. The second-order valence-electron chi connectivity index (χ2n) is 5.85. The Labute approximate surface area is 120 Å². The molecular weight excluding hydrogens is 254 g/mol. The molecule has 1 saturated heterocycles. The largest absolute Gasteiger partial charge is 0.399 e. The Hall–Kier alpha value is -1.59. The number of nitrogens with zero attached hydrogens (tertiary/aromatic N) is 1. The molecule has 0 spiro atoms. The van der Waals surface area contributed by atoms with E-state index < -0.39 is 0 Å². The molecule has 0 aliphatic carbocycles. The van der Waals surface area contributed by atoms with Crippen LogP contribution in [-0.4, -0.2) is 42.1 Å². The van der Waals surface area contributed by atoms with E-state index in [1.807, 2.05) is 19.1 Å². The van der Waals surface area contributed by atoms with E-state index in [1.54, 1.807) is 12.1 Å². The van der Waals surface area contributed by atoms with Gasteiger partial charge in [-0.15, -0.1) is 0 Å². The topological polar surface area (TPSA) is 67.6 Å². The Kier molecular flexibility index (Phi) is 4.30. The van der Waals surface area contributed by atoms with Crippen molar-refractivity contribution < 1.29 is 9.53 Å². The lowest BCUT2D eigenvalue weighted by Crippen LogP contribution is -2.59. The molecule has 1 fully saturated rings. The van der Waals surface area contributed by atoms with Gasteiger partial charge in [0.2, 0.25) is 5.91 Å². The van der Waals surface area contributed by atoms with Crippen molar-refractivity contribution >= 4 is 17.3 Å². The van der Waals surface area contributed by atoms with Gasteiger partial charge in [0.15, 0.2) is 0 Å². The SMILES string of the molecule is CC(C(=O)Nc1ccc(N)cc1)N1CCOCC1(C)C. The Balaban J connectivity index is 2.02. The maximum atomic E-state index is 12.4. The van der Waals surface area contributed by atoms with Crippen LogP contribution in [0.15, 0.2) is 24.3 Å². The zero-order valence-corrected chi connectivity index (χ0v) is 12.3. The predicted molar refractivity (Wildman–Crippen MR) is 80.6 cm³/mol. The third-order valence-electron chi connectivity index (χ3n) is 3.73. The molecule has 5 heteroatoms. The van der Waals surface area contributed by atoms with Crippen molar-refractivity contribution in [3.05, 3.63) is 24.3 Å². The molecule has 1 amide bonds. The van der Waals surface area contributed by atoms with E-state index in [1.165, 1.54) is 0 Å². The van der Waals surface area contributed by atoms with E-state index in [0.29, 0.717) is 18.9 Å². The molecule has 110 valence electrons. The van der Waals surface area contributed by atoms with E-state index in [9.17, 15) is 4.79 Å². The molecule has 0 bridgehead atoms. The van der Waals surface area contributed by atoms with Gasteiger partial charge < -0.3 is 15.8 Å². The summed E-state index contributed by atoms with van der Waals surface area (Å²) in [6.07, 6.45) is 0. The predicted octanol–water partition coefficient (Wildman–Crippen LogP) is 1.71. The molecule has 0 aromatic heterocycles. The first-order valence-electron chi connectivity index (χ1n) is 6.91. The van der Waals surface area contributed by atoms with E-state index >= 15 is 0 Å². The Morgan fingerprint density at radius 2 is 2.05 bits per heavy atom. The lowest BCUT2D eigenvalue weighted by atomic mass is 10.00. The number of hydrogen-bond acceptors (Lipinski definition) is 4. The highest BCUT2D eigenvalue weighted by atomic mass is 16.5. The van der Waals surface area contributed by atoms with Gasteiger partial charge >= 0.3 is 0 Å². The highest BCUT2D eigenvalue weighted by molar-refractivity contribution is 5.94. The second-order valence-corrected chi connectivity index (χ2v) is 5.85. The molecule has 1 aliphatic heterocycles. The van der Waals surface area contributed by atoms with E-state index in [4.69, 9.17) is 10.5 Å². The van der Waals surface area contributed by atoms with Crippen molar-refractivity contribution in [1.29, 1.82) is 0 Å². The first kappa shape index (κ1) is 14.8. The molecule has 1 aliphatic rings. The van der Waals surface area contributed by atoms with Crippen molar-refractivity contribution in [2.75, 3.05) is 30.8 Å². The van der Waals surface area contributed by atoms with Crippen LogP contribution >= 0.6 is 0 Å². The molecule has 0 radical (unpaired) electrons. The third-order valence-corrected chi connectivity index (χ3v) is 3.73. The van der Waals surface area contributed by atoms with Gasteiger partial charge in [-0.25, -0.2) is 0 Å². The molecule has 0 saturated carbocycles. The minimum absolute atomic E-state index is 0.00949. The number of hydrogen-bond donors (Lipinski definition) is 2. The highest BCUT2D eigenvalue weighted by Gasteiger charge is 2.36. The Morgan fingerprint density at radius 3 is 2.65 bits per heavy atom. The fourth-order valence-corrected chi connectivity index (χ4v) is 2.54. The summed E-state index contributed by atoms with van der Waals surface area (Å²) >= 11 is 0. The summed E-state index contributed by atoms with van der Waals surface area (Å²) in [6.45, 7) is 8.21. The first-order valence-corrected chi connectivity index (χ1v) is 6.91. The summed E-state index contributed by atoms with van der Waals surface area (Å²) in [7, 11) is 0. The normalized spacial score (nSPS) is 20.4. The van der Waals surface area contributed by atoms with Crippen LogP contribution in [0.5, 0.6) is 0 Å². The Morgan fingerprint density at radius 1 is 1.40 bits per heavy atom. The number of anilines is 2. The summed E-state index contributed by atoms with van der Waals surface area (Å²) in [5, 5.41) is 2.93. The van der Waals surface area contributed by atoms with E-state index in [2.05, 4.69) is 24.1 Å². The number of carbonyl (C=O) groups is 1. The zero-order chi connectivity index (χ0) is 14.8. The lowest BCUT2D eigenvalue weighted by Gasteiger charge is -2.44. The molecule has 20 heavy (non-hydrogen) atoms. The second kappa shape index (κ2) is 5.81. The molecule has 2 rings (SSSR count). The summed E-state index contributed by atoms with van der Waals surface area (Å²) in [5.41, 5.74) is 6.96. The van der Waals surface area contributed by atoms with E-state index in [-0.39, 0.29) is 17.5 Å². The molecule has 1 unspecified atom stereocenters. The van der Waals surface area contributed by atoms with Crippen LogP contribution in [0, 0.1) is 0 Å². The number of amides is 1. The lowest BCUT2D eigenvalue weighted by molar-refractivity contribution is -0.129. The molecule has 1 heterocycles. The zero-order valence-electron chi connectivity index (χ0n) is 12.3. The van der Waals surface area contributed by atoms with Crippen LogP contribution in [0.4, 0.5) is 11.4 Å². The minimum atomic E-state index is -0.202. The monoisotopic (exact) mass is 277 g/mol. The third kappa shape index (κ3) is 3.29. The fraction of sp³-hybridized carbons (Fsp3) is 0.533. The summed E-state index contributed by atoms with van der Waals surface area (Å²) in [5.74, 6) is -0.00949. The van der Waals surface area contributed by atoms with Gasteiger partial charge in [-0.05, 0) is 45.0 Å². The average Bonchev–Trinajstić information content (AvgIpc) is 2.40. The van der Waals surface area contributed by atoms with Crippen LogP contribution < -0.4 is 11.1 Å². The fourth-order valence-electron chi connectivity index (χ4n) is 2.54. The summed E-state index contributed by atoms with van der Waals surface area (Å²) in [6, 6.07) is 6.97. The van der Waals surface area contributed by atoms with Crippen molar-refractivity contribution in [3.8, 4) is 0 Å². The molecule has 1 aromatic carbocycles. The van der Waals surface area contributed by atoms with Gasteiger partial charge in [0.05, 0.1) is 19.3 Å². The van der Waals surface area contributed by atoms with Crippen molar-refractivity contribution in [2.24, 2.45) is 0 Å². The van der Waals surface area contributed by atoms with Gasteiger partial charge in [0, 0.05) is 23.5 Å². The van der Waals surface area contributed by atoms with Crippen LogP contribution in [0.1, 0.15) is 20.8 Å².